The van der Waals surface area contributed by atoms with Gasteiger partial charge in [0.25, 0.3) is 0 Å². The number of nitriles is 1. The Morgan fingerprint density at radius 2 is 1.74 bits per heavy atom. The van der Waals surface area contributed by atoms with E-state index >= 15 is 0 Å². The molecule has 1 heterocycles. The van der Waals surface area contributed by atoms with Crippen LogP contribution in [0.5, 0.6) is 11.5 Å². The third-order valence-electron chi connectivity index (χ3n) is 5.31. The molecule has 1 aliphatic rings. The van der Waals surface area contributed by atoms with E-state index in [0.29, 0.717) is 28.5 Å². The lowest BCUT2D eigenvalue weighted by Crippen LogP contribution is -2.28. The summed E-state index contributed by atoms with van der Waals surface area (Å²) in [6.45, 7) is -0.00381. The zero-order valence-electron chi connectivity index (χ0n) is 17.5. The molecule has 0 saturated heterocycles. The molecule has 3 aromatic rings. The second-order valence-electron chi connectivity index (χ2n) is 7.06. The Hall–Kier alpha value is -4.11. The molecule has 0 aliphatic carbocycles. The number of rotatable bonds is 4. The lowest BCUT2D eigenvalue weighted by atomic mass is 9.92. The van der Waals surface area contributed by atoms with Gasteiger partial charge >= 0.3 is 0 Å². The molecule has 0 bridgehead atoms. The molecule has 0 atom stereocenters. The summed E-state index contributed by atoms with van der Waals surface area (Å²) in [6, 6.07) is 21.0. The van der Waals surface area contributed by atoms with Gasteiger partial charge in [-0.25, -0.2) is 0 Å². The van der Waals surface area contributed by atoms with E-state index in [4.69, 9.17) is 9.47 Å². The van der Waals surface area contributed by atoms with Crippen molar-refractivity contribution < 1.29 is 14.3 Å². The minimum absolute atomic E-state index is 0.00381. The Balaban J connectivity index is 2.10. The highest BCUT2D eigenvalue weighted by molar-refractivity contribution is 6.22. The van der Waals surface area contributed by atoms with Gasteiger partial charge in [-0.05, 0) is 23.8 Å². The maximum atomic E-state index is 12.9. The molecule has 3 aromatic carbocycles. The molecule has 0 spiro atoms. The van der Waals surface area contributed by atoms with Crippen LogP contribution in [0.4, 0.5) is 5.69 Å². The van der Waals surface area contributed by atoms with Crippen molar-refractivity contribution in [2.45, 2.75) is 0 Å². The summed E-state index contributed by atoms with van der Waals surface area (Å²) in [5.41, 5.74) is 4.97. The predicted octanol–water partition coefficient (Wildman–Crippen LogP) is 4.06. The van der Waals surface area contributed by atoms with Gasteiger partial charge in [-0.1, -0.05) is 42.5 Å². The Morgan fingerprint density at radius 3 is 2.42 bits per heavy atom. The van der Waals surface area contributed by atoms with Crippen molar-refractivity contribution in [2.24, 2.45) is 4.99 Å². The van der Waals surface area contributed by atoms with E-state index in [2.05, 4.69) is 11.1 Å². The minimum atomic E-state index is -0.142. The van der Waals surface area contributed by atoms with Gasteiger partial charge in [0.05, 0.1) is 42.8 Å². The van der Waals surface area contributed by atoms with E-state index < -0.39 is 0 Å². The number of hydrogen-bond acceptors (Lipinski definition) is 5. The van der Waals surface area contributed by atoms with Crippen LogP contribution in [0, 0.1) is 11.3 Å². The molecule has 6 heteroatoms. The van der Waals surface area contributed by atoms with Gasteiger partial charge in [-0.15, -0.1) is 0 Å². The van der Waals surface area contributed by atoms with E-state index in [1.54, 1.807) is 38.3 Å². The van der Waals surface area contributed by atoms with E-state index in [9.17, 15) is 10.1 Å². The molecule has 31 heavy (non-hydrogen) atoms. The average molecular weight is 411 g/mol. The highest BCUT2D eigenvalue weighted by Gasteiger charge is 2.30. The summed E-state index contributed by atoms with van der Waals surface area (Å²) in [7, 11) is 4.90. The van der Waals surface area contributed by atoms with Crippen LogP contribution >= 0.6 is 0 Å². The Morgan fingerprint density at radius 1 is 1.00 bits per heavy atom. The van der Waals surface area contributed by atoms with E-state index in [0.717, 1.165) is 22.3 Å². The van der Waals surface area contributed by atoms with Gasteiger partial charge in [0.1, 0.15) is 6.54 Å². The first-order valence-corrected chi connectivity index (χ1v) is 9.75. The van der Waals surface area contributed by atoms with Crippen molar-refractivity contribution in [3.8, 4) is 28.7 Å². The zero-order chi connectivity index (χ0) is 22.0. The summed E-state index contributed by atoms with van der Waals surface area (Å²) < 4.78 is 11.4. The lowest BCUT2D eigenvalue weighted by Gasteiger charge is -2.25. The van der Waals surface area contributed by atoms with Crippen LogP contribution < -0.4 is 14.4 Å². The fourth-order valence-corrected chi connectivity index (χ4v) is 3.83. The quantitative estimate of drug-likeness (QED) is 0.649. The molecule has 0 unspecified atom stereocenters. The Kier molecular flexibility index (Phi) is 5.42. The van der Waals surface area contributed by atoms with Crippen molar-refractivity contribution in [2.75, 3.05) is 32.7 Å². The first-order valence-electron chi connectivity index (χ1n) is 9.75. The topological polar surface area (TPSA) is 74.9 Å². The molecular weight excluding hydrogens is 390 g/mol. The normalized spacial score (nSPS) is 13.0. The Labute approximate surface area is 181 Å². The molecule has 0 fully saturated rings. The number of anilines is 1. The molecule has 154 valence electrons. The third-order valence-corrected chi connectivity index (χ3v) is 5.31. The number of likely N-dealkylation sites (N-methyl/N-ethyl adjacent to an activating group) is 1. The standard InChI is InChI=1S/C25H21N3O3/c1-28-21(29)15-27-23(18-11-7-8-16(12-18)14-26)19-13-20(30-2)25(31-3)22(24(19)28)17-9-5-4-6-10-17/h4-13H,15H2,1-3H3. The molecule has 1 aliphatic heterocycles. The van der Waals surface area contributed by atoms with Gasteiger partial charge in [0.15, 0.2) is 11.5 Å². The number of fused-ring (bicyclic) bond motifs is 1. The van der Waals surface area contributed by atoms with Gasteiger partial charge in [0.2, 0.25) is 5.91 Å². The van der Waals surface area contributed by atoms with Gasteiger partial charge in [0, 0.05) is 18.2 Å². The van der Waals surface area contributed by atoms with Crippen LogP contribution in [-0.4, -0.2) is 39.4 Å². The first kappa shape index (κ1) is 20.2. The number of hydrogen-bond donors (Lipinski definition) is 0. The summed E-state index contributed by atoms with van der Waals surface area (Å²) in [4.78, 5) is 19.2. The van der Waals surface area contributed by atoms with Crippen LogP contribution in [0.15, 0.2) is 65.7 Å². The van der Waals surface area contributed by atoms with Crippen molar-refractivity contribution in [3.63, 3.8) is 0 Å². The lowest BCUT2D eigenvalue weighted by molar-refractivity contribution is -0.116. The summed E-state index contributed by atoms with van der Waals surface area (Å²) >= 11 is 0. The largest absolute Gasteiger partial charge is 0.493 e. The minimum Gasteiger partial charge on any atom is -0.493 e. The number of methoxy groups -OCH3 is 2. The summed E-state index contributed by atoms with van der Waals surface area (Å²) in [5.74, 6) is 0.934. The van der Waals surface area contributed by atoms with Gasteiger partial charge in [-0.3, -0.25) is 9.79 Å². The maximum Gasteiger partial charge on any atom is 0.248 e. The number of benzodiazepines with no additional fused rings is 1. The van der Waals surface area contributed by atoms with Crippen molar-refractivity contribution in [1.29, 1.82) is 5.26 Å². The second-order valence-corrected chi connectivity index (χ2v) is 7.06. The molecule has 4 rings (SSSR count). The third kappa shape index (κ3) is 3.51. The molecule has 6 nitrogen and oxygen atoms in total. The smallest absolute Gasteiger partial charge is 0.248 e. The highest BCUT2D eigenvalue weighted by Crippen LogP contribution is 2.48. The molecule has 0 aromatic heterocycles. The Bertz CT molecular complexity index is 1230. The van der Waals surface area contributed by atoms with Crippen LogP contribution in [-0.2, 0) is 4.79 Å². The predicted molar refractivity (Wildman–Crippen MR) is 120 cm³/mol. The number of carbonyl (C=O) groups is 1. The molecule has 0 saturated carbocycles. The number of amides is 1. The van der Waals surface area contributed by atoms with Crippen LogP contribution in [0.25, 0.3) is 11.1 Å². The van der Waals surface area contributed by atoms with Crippen molar-refractivity contribution in [1.82, 2.24) is 0 Å². The number of benzene rings is 3. The number of aliphatic imine (C=N–C) groups is 1. The maximum absolute atomic E-state index is 12.9. The monoisotopic (exact) mass is 411 g/mol. The molecule has 0 N–H and O–H groups in total. The van der Waals surface area contributed by atoms with Crippen LogP contribution in [0.1, 0.15) is 16.7 Å². The fraction of sp³-hybridized carbons (Fsp3) is 0.160. The number of ether oxygens (including phenoxy) is 2. The van der Waals surface area contributed by atoms with Crippen LogP contribution in [0.3, 0.4) is 0 Å². The fourth-order valence-electron chi connectivity index (χ4n) is 3.83. The van der Waals surface area contributed by atoms with E-state index in [-0.39, 0.29) is 12.5 Å². The number of nitrogens with zero attached hydrogens (tertiary/aromatic N) is 3. The molecule has 1 amide bonds. The zero-order valence-corrected chi connectivity index (χ0v) is 17.5. The van der Waals surface area contributed by atoms with Crippen molar-refractivity contribution >= 4 is 17.3 Å². The molecular formula is C25H21N3O3. The van der Waals surface area contributed by atoms with E-state index in [1.807, 2.05) is 48.5 Å². The van der Waals surface area contributed by atoms with Gasteiger partial charge < -0.3 is 14.4 Å². The van der Waals surface area contributed by atoms with Gasteiger partial charge in [-0.2, -0.15) is 5.26 Å². The highest BCUT2D eigenvalue weighted by atomic mass is 16.5. The average Bonchev–Trinajstić information content (AvgIpc) is 2.94. The summed E-state index contributed by atoms with van der Waals surface area (Å²) in [5, 5.41) is 9.35. The van der Waals surface area contributed by atoms with Crippen molar-refractivity contribution in [3.05, 3.63) is 77.4 Å². The number of carbonyl (C=O) groups excluding carboxylic acids is 1. The first-order chi connectivity index (χ1) is 15.1. The van der Waals surface area contributed by atoms with Crippen LogP contribution in [0.2, 0.25) is 0 Å². The van der Waals surface area contributed by atoms with E-state index in [1.165, 1.54) is 0 Å². The second kappa shape index (κ2) is 8.33. The SMILES string of the molecule is COc1cc2c(c(-c3ccccc3)c1OC)N(C)C(=O)CN=C2c1cccc(C#N)c1. The molecule has 0 radical (unpaired) electrons. The summed E-state index contributed by atoms with van der Waals surface area (Å²) in [6.07, 6.45) is 0.